The summed E-state index contributed by atoms with van der Waals surface area (Å²) in [6, 6.07) is 8.53. The number of carbonyl (C=O) groups is 3. The molecule has 0 bridgehead atoms. The number of imide groups is 1. The number of benzene rings is 2. The molecule has 3 amide bonds. The maximum absolute atomic E-state index is 14.1. The van der Waals surface area contributed by atoms with Gasteiger partial charge >= 0.3 is 6.03 Å². The highest BCUT2D eigenvalue weighted by Gasteiger charge is 2.54. The molecule has 3 aromatic heterocycles. The lowest BCUT2D eigenvalue weighted by Crippen LogP contribution is -2.59. The molecule has 3 saturated heterocycles. The number of carbonyl (C=O) groups excluding carboxylic acids is 3. The molecule has 4 N–H and O–H groups in total. The Kier molecular flexibility index (Phi) is 8.72. The number of nitrogens with one attached hydrogen (secondary N) is 2. The molecule has 3 aliphatic rings. The topological polar surface area (TPSA) is 170 Å². The van der Waals surface area contributed by atoms with E-state index in [0.717, 1.165) is 17.0 Å². The number of anilines is 2. The summed E-state index contributed by atoms with van der Waals surface area (Å²) in [6.45, 7) is 3.02. The Balaban J connectivity index is 1.06. The fourth-order valence-corrected chi connectivity index (χ4v) is 6.95. The number of pyridine rings is 1. The summed E-state index contributed by atoms with van der Waals surface area (Å²) in [7, 11) is 0. The standard InChI is InChI=1S/C36H32F4N8O6/c1-18-9-30(54-32-22(37)3-2-4-23(32)38)42-14-27(18)48-33(41)21(13-43-48)31(49)25-10-19-11-28(53-17-29(39)40)26(12-24(19)44-25)47-34(50)36(45-35(47)51)5-7-46(8-6-36)20-15-52-16-20/h2-4,9-14,20,29,44H,5-8,15-17,41H2,1H3,(H,45,51). The molecule has 3 aliphatic heterocycles. The summed E-state index contributed by atoms with van der Waals surface area (Å²) < 4.78 is 72.2. The van der Waals surface area contributed by atoms with Gasteiger partial charge in [-0.2, -0.15) is 5.10 Å². The van der Waals surface area contributed by atoms with Crippen molar-refractivity contribution < 1.29 is 46.2 Å². The van der Waals surface area contributed by atoms with Gasteiger partial charge in [0.05, 0.1) is 54.3 Å². The number of ketones is 1. The molecule has 8 rings (SSSR count). The van der Waals surface area contributed by atoms with Gasteiger partial charge in [-0.3, -0.25) is 14.5 Å². The van der Waals surface area contributed by atoms with Gasteiger partial charge in [0.1, 0.15) is 23.7 Å². The molecule has 0 atom stereocenters. The minimum Gasteiger partial charge on any atom is -0.485 e. The zero-order valence-electron chi connectivity index (χ0n) is 28.6. The van der Waals surface area contributed by atoms with E-state index in [0.29, 0.717) is 61.3 Å². The summed E-state index contributed by atoms with van der Waals surface area (Å²) in [4.78, 5) is 51.4. The number of aromatic amines is 1. The number of urea groups is 1. The number of halogens is 4. The Morgan fingerprint density at radius 3 is 2.48 bits per heavy atom. The van der Waals surface area contributed by atoms with Crippen LogP contribution in [0.2, 0.25) is 0 Å². The Labute approximate surface area is 303 Å². The lowest BCUT2D eigenvalue weighted by Gasteiger charge is -2.43. The monoisotopic (exact) mass is 748 g/mol. The summed E-state index contributed by atoms with van der Waals surface area (Å²) >= 11 is 0. The first kappa shape index (κ1) is 35.0. The third kappa shape index (κ3) is 6.06. The van der Waals surface area contributed by atoms with Crippen LogP contribution >= 0.6 is 0 Å². The molecule has 0 aliphatic carbocycles. The number of amides is 3. The van der Waals surface area contributed by atoms with Crippen molar-refractivity contribution in [3.63, 3.8) is 0 Å². The third-order valence-electron chi connectivity index (χ3n) is 9.96. The predicted octanol–water partition coefficient (Wildman–Crippen LogP) is 4.87. The van der Waals surface area contributed by atoms with Gasteiger partial charge in [-0.15, -0.1) is 0 Å². The van der Waals surface area contributed by atoms with E-state index in [-0.39, 0.29) is 40.4 Å². The highest BCUT2D eigenvalue weighted by atomic mass is 19.3. The van der Waals surface area contributed by atoms with Crippen LogP contribution in [0.1, 0.15) is 34.5 Å². The summed E-state index contributed by atoms with van der Waals surface area (Å²) in [6.07, 6.45) is 0.442. The number of aryl methyl sites for hydroxylation is 1. The number of piperidine rings is 1. The third-order valence-corrected chi connectivity index (χ3v) is 9.96. The SMILES string of the molecule is Cc1cc(Oc2c(F)cccc2F)ncc1-n1ncc(C(=O)c2cc3cc(OCC(F)F)c(N4C(=O)NC5(CCN(C6COC6)CC5)C4=O)cc3[nH]2)c1N. The van der Waals surface area contributed by atoms with Gasteiger partial charge in [0.25, 0.3) is 12.3 Å². The van der Waals surface area contributed by atoms with Crippen LogP contribution in [0.25, 0.3) is 16.6 Å². The van der Waals surface area contributed by atoms with Crippen LogP contribution in [-0.2, 0) is 9.53 Å². The summed E-state index contributed by atoms with van der Waals surface area (Å²) in [5.74, 6) is -3.82. The second-order valence-electron chi connectivity index (χ2n) is 13.3. The molecule has 18 heteroatoms. The molecule has 3 fully saturated rings. The number of alkyl halides is 2. The average Bonchev–Trinajstić information content (AvgIpc) is 3.78. The largest absolute Gasteiger partial charge is 0.485 e. The van der Waals surface area contributed by atoms with Gasteiger partial charge in [-0.25, -0.2) is 36.9 Å². The number of fused-ring (bicyclic) bond motifs is 1. The fraction of sp³-hybridized carbons (Fsp3) is 0.306. The number of likely N-dealkylation sites (tertiary alicyclic amines) is 1. The molecule has 2 aromatic carbocycles. The first-order valence-corrected chi connectivity index (χ1v) is 17.0. The number of nitrogen functional groups attached to an aromatic ring is 1. The van der Waals surface area contributed by atoms with E-state index in [9.17, 15) is 31.9 Å². The number of aromatic nitrogens is 4. The van der Waals surface area contributed by atoms with Crippen LogP contribution in [-0.4, -0.2) is 93.3 Å². The van der Waals surface area contributed by atoms with E-state index in [1.54, 1.807) is 6.92 Å². The van der Waals surface area contributed by atoms with Crippen molar-refractivity contribution in [2.24, 2.45) is 0 Å². The maximum Gasteiger partial charge on any atom is 0.329 e. The minimum absolute atomic E-state index is 0.0000431. The van der Waals surface area contributed by atoms with Crippen molar-refractivity contribution in [1.82, 2.24) is 30.0 Å². The molecule has 0 radical (unpaired) electrons. The Morgan fingerprint density at radius 1 is 1.07 bits per heavy atom. The molecule has 280 valence electrons. The maximum atomic E-state index is 14.1. The number of para-hydroxylation sites is 1. The molecule has 6 heterocycles. The van der Waals surface area contributed by atoms with E-state index >= 15 is 0 Å². The lowest BCUT2D eigenvalue weighted by atomic mass is 9.86. The van der Waals surface area contributed by atoms with Crippen molar-refractivity contribution in [3.8, 4) is 23.1 Å². The lowest BCUT2D eigenvalue weighted by molar-refractivity contribution is -0.125. The second-order valence-corrected chi connectivity index (χ2v) is 13.3. The Hall–Kier alpha value is -6.01. The minimum atomic E-state index is -2.84. The van der Waals surface area contributed by atoms with E-state index in [4.69, 9.17) is 19.9 Å². The number of hydrogen-bond donors (Lipinski definition) is 3. The van der Waals surface area contributed by atoms with Gasteiger partial charge in [0.2, 0.25) is 17.4 Å². The molecule has 1 spiro atoms. The second kappa shape index (κ2) is 13.4. The van der Waals surface area contributed by atoms with Gasteiger partial charge < -0.3 is 30.2 Å². The number of ether oxygens (including phenoxy) is 3. The average molecular weight is 749 g/mol. The van der Waals surface area contributed by atoms with Crippen molar-refractivity contribution in [3.05, 3.63) is 83.3 Å². The van der Waals surface area contributed by atoms with Crippen LogP contribution in [0.15, 0.2) is 54.9 Å². The zero-order valence-corrected chi connectivity index (χ0v) is 28.6. The van der Waals surface area contributed by atoms with E-state index in [1.807, 2.05) is 0 Å². The van der Waals surface area contributed by atoms with E-state index in [2.05, 4.69) is 25.3 Å². The van der Waals surface area contributed by atoms with E-state index < -0.39 is 53.7 Å². The normalized spacial score (nSPS) is 17.4. The van der Waals surface area contributed by atoms with Crippen molar-refractivity contribution in [1.29, 1.82) is 0 Å². The number of hydrogen-bond acceptors (Lipinski definition) is 10. The zero-order chi connectivity index (χ0) is 37.9. The van der Waals surface area contributed by atoms with Crippen LogP contribution in [0.4, 0.5) is 33.9 Å². The van der Waals surface area contributed by atoms with E-state index in [1.165, 1.54) is 47.4 Å². The number of rotatable bonds is 10. The fourth-order valence-electron chi connectivity index (χ4n) is 6.95. The van der Waals surface area contributed by atoms with Crippen molar-refractivity contribution in [2.75, 3.05) is 43.5 Å². The molecular weight excluding hydrogens is 716 g/mol. The molecule has 0 unspecified atom stereocenters. The highest BCUT2D eigenvalue weighted by Crippen LogP contribution is 2.40. The summed E-state index contributed by atoms with van der Waals surface area (Å²) in [5.41, 5.74) is 6.37. The van der Waals surface area contributed by atoms with Crippen molar-refractivity contribution >= 4 is 40.1 Å². The molecule has 0 saturated carbocycles. The first-order chi connectivity index (χ1) is 25.9. The first-order valence-electron chi connectivity index (χ1n) is 17.0. The quantitative estimate of drug-likeness (QED) is 0.102. The highest BCUT2D eigenvalue weighted by molar-refractivity contribution is 6.24. The van der Waals surface area contributed by atoms with Crippen LogP contribution in [0, 0.1) is 18.6 Å². The van der Waals surface area contributed by atoms with Gasteiger partial charge in [0, 0.05) is 30.1 Å². The van der Waals surface area contributed by atoms with Gasteiger partial charge in [-0.05, 0) is 55.7 Å². The van der Waals surface area contributed by atoms with Crippen LogP contribution < -0.4 is 25.4 Å². The number of nitrogens with two attached hydrogens (primary N) is 1. The predicted molar refractivity (Wildman–Crippen MR) is 184 cm³/mol. The molecule has 14 nitrogen and oxygen atoms in total. The van der Waals surface area contributed by atoms with Crippen molar-refractivity contribution in [2.45, 2.75) is 37.8 Å². The number of nitrogens with zero attached hydrogens (tertiary/aromatic N) is 5. The smallest absolute Gasteiger partial charge is 0.329 e. The van der Waals surface area contributed by atoms with Gasteiger partial charge in [-0.1, -0.05) is 6.07 Å². The van der Waals surface area contributed by atoms with Crippen LogP contribution in [0.3, 0.4) is 0 Å². The molecule has 5 aromatic rings. The molecule has 54 heavy (non-hydrogen) atoms. The Bertz CT molecular complexity index is 2300. The molecular formula is C36H32F4N8O6. The van der Waals surface area contributed by atoms with Crippen LogP contribution in [0.5, 0.6) is 17.4 Å². The number of H-pyrrole nitrogens is 1. The van der Waals surface area contributed by atoms with Gasteiger partial charge in [0.15, 0.2) is 11.6 Å². The summed E-state index contributed by atoms with van der Waals surface area (Å²) in [5, 5.41) is 7.47. The Morgan fingerprint density at radius 2 is 1.81 bits per heavy atom.